The fourth-order valence-electron chi connectivity index (χ4n) is 2.37. The van der Waals surface area contributed by atoms with Crippen molar-refractivity contribution in [2.75, 3.05) is 12.8 Å². The van der Waals surface area contributed by atoms with Gasteiger partial charge >= 0.3 is 0 Å². The van der Waals surface area contributed by atoms with Crippen LogP contribution in [0.25, 0.3) is 11.1 Å². The van der Waals surface area contributed by atoms with Crippen LogP contribution in [-0.4, -0.2) is 16.9 Å². The molecule has 0 amide bonds. The molecule has 1 aromatic carbocycles. The number of nitrogens with zero attached hydrogens (tertiary/aromatic N) is 2. The van der Waals surface area contributed by atoms with Gasteiger partial charge in [-0.1, -0.05) is 0 Å². The van der Waals surface area contributed by atoms with E-state index < -0.39 is 0 Å². The Balaban J connectivity index is 2.82. The summed E-state index contributed by atoms with van der Waals surface area (Å²) in [5, 5.41) is 4.22. The number of anilines is 1. The highest BCUT2D eigenvalue weighted by atomic mass is 79.9. The van der Waals surface area contributed by atoms with Crippen LogP contribution in [-0.2, 0) is 7.05 Å². The standard InChI is InChI=1S/C14H18BrN3O/c1-7-8(2)13(19-5)12(15)9(3)11(7)10-6-17-18(4)14(10)16/h6H,16H2,1-5H3. The predicted molar refractivity (Wildman–Crippen MR) is 81.5 cm³/mol. The Morgan fingerprint density at radius 2 is 1.84 bits per heavy atom. The minimum atomic E-state index is 0.669. The largest absolute Gasteiger partial charge is 0.495 e. The van der Waals surface area contributed by atoms with E-state index in [0.29, 0.717) is 5.82 Å². The summed E-state index contributed by atoms with van der Waals surface area (Å²) < 4.78 is 8.12. The predicted octanol–water partition coefficient (Wildman–Crippen LogP) is 3.37. The Hall–Kier alpha value is -1.49. The zero-order valence-electron chi connectivity index (χ0n) is 11.8. The van der Waals surface area contributed by atoms with Crippen LogP contribution in [0.15, 0.2) is 10.7 Å². The molecule has 1 heterocycles. The average molecular weight is 324 g/mol. The summed E-state index contributed by atoms with van der Waals surface area (Å²) in [6, 6.07) is 0. The zero-order chi connectivity index (χ0) is 14.3. The second-order valence-electron chi connectivity index (χ2n) is 4.66. The van der Waals surface area contributed by atoms with E-state index in [0.717, 1.165) is 38.0 Å². The number of halogens is 1. The smallest absolute Gasteiger partial charge is 0.136 e. The van der Waals surface area contributed by atoms with Crippen LogP contribution in [0.2, 0.25) is 0 Å². The lowest BCUT2D eigenvalue weighted by molar-refractivity contribution is 0.408. The first-order valence-electron chi connectivity index (χ1n) is 6.01. The highest BCUT2D eigenvalue weighted by Gasteiger charge is 2.20. The fourth-order valence-corrected chi connectivity index (χ4v) is 3.03. The van der Waals surface area contributed by atoms with Crippen molar-refractivity contribution in [2.45, 2.75) is 20.8 Å². The highest BCUT2D eigenvalue weighted by molar-refractivity contribution is 9.10. The molecule has 0 fully saturated rings. The summed E-state index contributed by atoms with van der Waals surface area (Å²) in [6.07, 6.45) is 1.81. The van der Waals surface area contributed by atoms with E-state index in [1.54, 1.807) is 11.8 Å². The van der Waals surface area contributed by atoms with Crippen LogP contribution in [0, 0.1) is 20.8 Å². The van der Waals surface area contributed by atoms with Crippen LogP contribution in [0.1, 0.15) is 16.7 Å². The van der Waals surface area contributed by atoms with Crippen molar-refractivity contribution >= 4 is 21.7 Å². The number of methoxy groups -OCH3 is 1. The van der Waals surface area contributed by atoms with Crippen molar-refractivity contribution in [1.82, 2.24) is 9.78 Å². The van der Waals surface area contributed by atoms with E-state index >= 15 is 0 Å². The number of nitrogen functional groups attached to an aromatic ring is 1. The van der Waals surface area contributed by atoms with Gasteiger partial charge in [-0.15, -0.1) is 0 Å². The van der Waals surface area contributed by atoms with Crippen molar-refractivity contribution in [3.63, 3.8) is 0 Å². The molecule has 0 saturated carbocycles. The third kappa shape index (κ3) is 2.02. The van der Waals surface area contributed by atoms with Gasteiger partial charge in [0.1, 0.15) is 11.6 Å². The lowest BCUT2D eigenvalue weighted by atomic mass is 9.93. The van der Waals surface area contributed by atoms with E-state index in [9.17, 15) is 0 Å². The van der Waals surface area contributed by atoms with Gasteiger partial charge in [-0.25, -0.2) is 0 Å². The molecule has 2 N–H and O–H groups in total. The Labute approximate surface area is 121 Å². The monoisotopic (exact) mass is 323 g/mol. The first-order chi connectivity index (χ1) is 8.90. The van der Waals surface area contributed by atoms with Gasteiger partial charge < -0.3 is 10.5 Å². The summed E-state index contributed by atoms with van der Waals surface area (Å²) in [6.45, 7) is 6.19. The van der Waals surface area contributed by atoms with Crippen LogP contribution < -0.4 is 10.5 Å². The number of hydrogen-bond acceptors (Lipinski definition) is 3. The second kappa shape index (κ2) is 4.89. The molecule has 4 nitrogen and oxygen atoms in total. The fraction of sp³-hybridized carbons (Fsp3) is 0.357. The molecular weight excluding hydrogens is 306 g/mol. The summed E-state index contributed by atoms with van der Waals surface area (Å²) >= 11 is 3.61. The molecular formula is C14H18BrN3O. The summed E-state index contributed by atoms with van der Waals surface area (Å²) in [7, 11) is 3.53. The normalized spacial score (nSPS) is 10.8. The maximum Gasteiger partial charge on any atom is 0.136 e. The topological polar surface area (TPSA) is 53.1 Å². The van der Waals surface area contributed by atoms with Crippen molar-refractivity contribution in [2.24, 2.45) is 7.05 Å². The molecule has 0 radical (unpaired) electrons. The molecule has 0 spiro atoms. The Bertz CT molecular complexity index is 618. The molecule has 0 saturated heterocycles. The van der Waals surface area contributed by atoms with E-state index in [-0.39, 0.29) is 0 Å². The van der Waals surface area contributed by atoms with E-state index in [2.05, 4.69) is 41.8 Å². The number of nitrogens with two attached hydrogens (primary N) is 1. The van der Waals surface area contributed by atoms with Crippen LogP contribution in [0.5, 0.6) is 5.75 Å². The Morgan fingerprint density at radius 1 is 1.21 bits per heavy atom. The van der Waals surface area contributed by atoms with Gasteiger partial charge in [0.15, 0.2) is 0 Å². The molecule has 0 aliphatic rings. The molecule has 0 aliphatic heterocycles. The van der Waals surface area contributed by atoms with E-state index in [4.69, 9.17) is 10.5 Å². The Kier molecular flexibility index (Phi) is 3.58. The van der Waals surface area contributed by atoms with Crippen LogP contribution in [0.3, 0.4) is 0 Å². The molecule has 1 aromatic heterocycles. The summed E-state index contributed by atoms with van der Waals surface area (Å²) in [5.74, 6) is 1.55. The van der Waals surface area contributed by atoms with Crippen molar-refractivity contribution < 1.29 is 4.74 Å². The number of aromatic nitrogens is 2. The highest BCUT2D eigenvalue weighted by Crippen LogP contribution is 2.42. The first kappa shape index (κ1) is 13.9. The third-order valence-electron chi connectivity index (χ3n) is 3.64. The molecule has 2 aromatic rings. The molecule has 0 unspecified atom stereocenters. The van der Waals surface area contributed by atoms with Crippen molar-refractivity contribution in [1.29, 1.82) is 0 Å². The second-order valence-corrected chi connectivity index (χ2v) is 5.46. The maximum absolute atomic E-state index is 6.10. The average Bonchev–Trinajstić information content (AvgIpc) is 2.70. The number of rotatable bonds is 2. The van der Waals surface area contributed by atoms with Gasteiger partial charge in [-0.3, -0.25) is 4.68 Å². The molecule has 102 valence electrons. The molecule has 19 heavy (non-hydrogen) atoms. The van der Waals surface area contributed by atoms with Crippen LogP contribution in [0.4, 0.5) is 5.82 Å². The molecule has 0 atom stereocenters. The summed E-state index contributed by atoms with van der Waals surface area (Å²) in [4.78, 5) is 0. The van der Waals surface area contributed by atoms with Crippen LogP contribution >= 0.6 is 15.9 Å². The van der Waals surface area contributed by atoms with Gasteiger partial charge in [0.2, 0.25) is 0 Å². The van der Waals surface area contributed by atoms with E-state index in [1.807, 2.05) is 13.2 Å². The van der Waals surface area contributed by atoms with E-state index in [1.165, 1.54) is 0 Å². The van der Waals surface area contributed by atoms with Gasteiger partial charge in [-0.05, 0) is 59.0 Å². The number of ether oxygens (including phenoxy) is 1. The van der Waals surface area contributed by atoms with Gasteiger partial charge in [0.25, 0.3) is 0 Å². The minimum Gasteiger partial charge on any atom is -0.495 e. The lowest BCUT2D eigenvalue weighted by Gasteiger charge is -2.18. The molecule has 0 aliphatic carbocycles. The van der Waals surface area contributed by atoms with Gasteiger partial charge in [-0.2, -0.15) is 5.10 Å². The van der Waals surface area contributed by atoms with Gasteiger partial charge in [0, 0.05) is 12.6 Å². The molecule has 0 bridgehead atoms. The SMILES string of the molecule is COc1c(C)c(C)c(-c2cnn(C)c2N)c(C)c1Br. The number of aryl methyl sites for hydroxylation is 1. The third-order valence-corrected chi connectivity index (χ3v) is 4.59. The number of benzene rings is 1. The maximum atomic E-state index is 6.10. The Morgan fingerprint density at radius 3 is 2.32 bits per heavy atom. The number of hydrogen-bond donors (Lipinski definition) is 1. The van der Waals surface area contributed by atoms with Crippen molar-refractivity contribution in [3.05, 3.63) is 27.4 Å². The van der Waals surface area contributed by atoms with Crippen molar-refractivity contribution in [3.8, 4) is 16.9 Å². The van der Waals surface area contributed by atoms with Gasteiger partial charge in [0.05, 0.1) is 17.8 Å². The quantitative estimate of drug-likeness (QED) is 0.921. The molecule has 2 rings (SSSR count). The zero-order valence-corrected chi connectivity index (χ0v) is 13.4. The summed E-state index contributed by atoms with van der Waals surface area (Å²) in [5.41, 5.74) is 11.6. The molecule has 5 heteroatoms. The minimum absolute atomic E-state index is 0.669. The first-order valence-corrected chi connectivity index (χ1v) is 6.80. The lowest BCUT2D eigenvalue weighted by Crippen LogP contribution is -2.01.